The monoisotopic (exact) mass is 378 g/mol. The highest BCUT2D eigenvalue weighted by molar-refractivity contribution is 5.87. The highest BCUT2D eigenvalue weighted by Gasteiger charge is 2.53. The second-order valence-corrected chi connectivity index (χ2v) is 7.80. The summed E-state index contributed by atoms with van der Waals surface area (Å²) in [6.07, 6.45) is -2.20. The van der Waals surface area contributed by atoms with E-state index < -0.39 is 17.8 Å². The molecule has 2 aromatic rings. The molecule has 1 heterocycles. The number of hydrazine groups is 1. The molecule has 3 nitrogen and oxygen atoms in total. The van der Waals surface area contributed by atoms with Crippen molar-refractivity contribution in [3.8, 4) is 0 Å². The van der Waals surface area contributed by atoms with Crippen molar-refractivity contribution >= 4 is 16.7 Å². The predicted octanol–water partition coefficient (Wildman–Crippen LogP) is 5.30. The van der Waals surface area contributed by atoms with Gasteiger partial charge in [-0.05, 0) is 48.6 Å². The molecule has 0 unspecified atom stereocenters. The van der Waals surface area contributed by atoms with Gasteiger partial charge in [0.2, 0.25) is 5.91 Å². The van der Waals surface area contributed by atoms with Gasteiger partial charge in [0, 0.05) is 12.0 Å². The van der Waals surface area contributed by atoms with Crippen molar-refractivity contribution in [1.82, 2.24) is 10.4 Å². The SMILES string of the molecule is CCCCc1c([C@H](N2NC(=O)CC2(C)C)C(F)(F)F)ccc2ccccc12. The first-order chi connectivity index (χ1) is 12.6. The van der Waals surface area contributed by atoms with Gasteiger partial charge in [0.1, 0.15) is 0 Å². The quantitative estimate of drug-likeness (QED) is 0.766. The van der Waals surface area contributed by atoms with Crippen LogP contribution in [0.3, 0.4) is 0 Å². The predicted molar refractivity (Wildman–Crippen MR) is 100 cm³/mol. The maximum Gasteiger partial charge on any atom is 0.409 e. The minimum atomic E-state index is -4.52. The molecule has 3 rings (SSSR count). The molecule has 1 amide bonds. The number of rotatable bonds is 5. The topological polar surface area (TPSA) is 32.3 Å². The Kier molecular flexibility index (Phi) is 5.21. The molecule has 1 aliphatic rings. The summed E-state index contributed by atoms with van der Waals surface area (Å²) >= 11 is 0. The molecule has 6 heteroatoms. The summed E-state index contributed by atoms with van der Waals surface area (Å²) < 4.78 is 42.7. The zero-order chi connectivity index (χ0) is 19.8. The van der Waals surface area contributed by atoms with Gasteiger partial charge >= 0.3 is 6.18 Å². The van der Waals surface area contributed by atoms with Crippen LogP contribution in [0.1, 0.15) is 57.2 Å². The van der Waals surface area contributed by atoms with Crippen LogP contribution in [0, 0.1) is 0 Å². The number of fused-ring (bicyclic) bond motifs is 1. The normalized spacial score (nSPS) is 18.7. The van der Waals surface area contributed by atoms with E-state index in [0.717, 1.165) is 28.6 Å². The van der Waals surface area contributed by atoms with E-state index in [1.165, 1.54) is 0 Å². The molecule has 1 aliphatic heterocycles. The van der Waals surface area contributed by atoms with Crippen LogP contribution in [0.25, 0.3) is 10.8 Å². The van der Waals surface area contributed by atoms with Gasteiger partial charge in [0.25, 0.3) is 0 Å². The first kappa shape index (κ1) is 19.7. The number of aryl methyl sites for hydroxylation is 1. The minimum absolute atomic E-state index is 0.0391. The Morgan fingerprint density at radius 2 is 1.89 bits per heavy atom. The van der Waals surface area contributed by atoms with Gasteiger partial charge in [-0.25, -0.2) is 0 Å². The van der Waals surface area contributed by atoms with Gasteiger partial charge < -0.3 is 0 Å². The Labute approximate surface area is 157 Å². The maximum absolute atomic E-state index is 14.2. The Hall–Kier alpha value is -2.08. The third kappa shape index (κ3) is 3.81. The van der Waals surface area contributed by atoms with Crippen LogP contribution in [0.4, 0.5) is 13.2 Å². The number of amides is 1. The van der Waals surface area contributed by atoms with E-state index in [1.807, 2.05) is 31.2 Å². The molecule has 2 aromatic carbocycles. The highest BCUT2D eigenvalue weighted by atomic mass is 19.4. The molecule has 0 saturated carbocycles. The van der Waals surface area contributed by atoms with Crippen LogP contribution < -0.4 is 5.43 Å². The summed E-state index contributed by atoms with van der Waals surface area (Å²) in [5.74, 6) is -0.384. The third-order valence-corrected chi connectivity index (χ3v) is 5.21. The van der Waals surface area contributed by atoms with Gasteiger partial charge in [-0.1, -0.05) is 49.7 Å². The average Bonchev–Trinajstić information content (AvgIpc) is 2.84. The fourth-order valence-electron chi connectivity index (χ4n) is 3.92. The molecule has 0 aromatic heterocycles. The molecule has 0 bridgehead atoms. The van der Waals surface area contributed by atoms with Crippen LogP contribution in [0.15, 0.2) is 36.4 Å². The lowest BCUT2D eigenvalue weighted by Crippen LogP contribution is -2.51. The van der Waals surface area contributed by atoms with Crippen molar-refractivity contribution in [3.63, 3.8) is 0 Å². The molecule has 0 spiro atoms. The first-order valence-corrected chi connectivity index (χ1v) is 9.31. The average molecular weight is 378 g/mol. The summed E-state index contributed by atoms with van der Waals surface area (Å²) in [7, 11) is 0. The smallest absolute Gasteiger partial charge is 0.287 e. The molecule has 1 fully saturated rings. The summed E-state index contributed by atoms with van der Waals surface area (Å²) in [5.41, 5.74) is 2.47. The maximum atomic E-state index is 14.2. The van der Waals surface area contributed by atoms with Gasteiger partial charge in [-0.15, -0.1) is 0 Å². The van der Waals surface area contributed by atoms with Crippen LogP contribution in [0.5, 0.6) is 0 Å². The van der Waals surface area contributed by atoms with Crippen LogP contribution in [-0.4, -0.2) is 22.6 Å². The molecule has 1 N–H and O–H groups in total. The number of unbranched alkanes of at least 4 members (excludes halogenated alkanes) is 1. The van der Waals surface area contributed by atoms with Crippen LogP contribution in [-0.2, 0) is 11.2 Å². The fraction of sp³-hybridized carbons (Fsp3) is 0.476. The number of halogens is 3. The second kappa shape index (κ2) is 7.15. The van der Waals surface area contributed by atoms with Crippen LogP contribution >= 0.6 is 0 Å². The summed E-state index contributed by atoms with van der Waals surface area (Å²) in [6.45, 7) is 5.35. The number of nitrogens with zero attached hydrogens (tertiary/aromatic N) is 1. The summed E-state index contributed by atoms with van der Waals surface area (Å²) in [6, 6.07) is 8.97. The summed E-state index contributed by atoms with van der Waals surface area (Å²) in [4.78, 5) is 11.9. The van der Waals surface area contributed by atoms with Gasteiger partial charge in [-0.3, -0.25) is 10.2 Å². The third-order valence-electron chi connectivity index (χ3n) is 5.21. The largest absolute Gasteiger partial charge is 0.409 e. The number of nitrogens with one attached hydrogen (secondary N) is 1. The van der Waals surface area contributed by atoms with Crippen molar-refractivity contribution in [2.24, 2.45) is 0 Å². The Bertz CT molecular complexity index is 845. The summed E-state index contributed by atoms with van der Waals surface area (Å²) in [5, 5.41) is 2.87. The van der Waals surface area contributed by atoms with Gasteiger partial charge in [0.15, 0.2) is 6.04 Å². The van der Waals surface area contributed by atoms with Crippen molar-refractivity contribution < 1.29 is 18.0 Å². The van der Waals surface area contributed by atoms with E-state index in [-0.39, 0.29) is 17.9 Å². The number of hydrogen-bond acceptors (Lipinski definition) is 2. The number of carbonyl (C=O) groups excluding carboxylic acids is 1. The number of benzene rings is 2. The molecule has 1 atom stereocenters. The molecule has 1 saturated heterocycles. The van der Waals surface area contributed by atoms with Crippen LogP contribution in [0.2, 0.25) is 0 Å². The minimum Gasteiger partial charge on any atom is -0.287 e. The van der Waals surface area contributed by atoms with E-state index in [0.29, 0.717) is 12.0 Å². The van der Waals surface area contributed by atoms with Crippen molar-refractivity contribution in [1.29, 1.82) is 0 Å². The van der Waals surface area contributed by atoms with Gasteiger partial charge in [0.05, 0.1) is 0 Å². The van der Waals surface area contributed by atoms with Crippen molar-refractivity contribution in [2.45, 2.75) is 64.2 Å². The van der Waals surface area contributed by atoms with E-state index in [1.54, 1.807) is 26.0 Å². The Morgan fingerprint density at radius 3 is 2.48 bits per heavy atom. The van der Waals surface area contributed by atoms with Crippen molar-refractivity contribution in [2.75, 3.05) is 0 Å². The number of hydrogen-bond donors (Lipinski definition) is 1. The lowest BCUT2D eigenvalue weighted by molar-refractivity contribution is -0.204. The second-order valence-electron chi connectivity index (χ2n) is 7.80. The van der Waals surface area contributed by atoms with E-state index in [4.69, 9.17) is 0 Å². The number of carbonyl (C=O) groups is 1. The van der Waals surface area contributed by atoms with E-state index in [9.17, 15) is 18.0 Å². The Balaban J connectivity index is 2.20. The lowest BCUT2D eigenvalue weighted by atomic mass is 9.89. The standard InChI is InChI=1S/C21H25F3N2O/c1-4-5-9-16-15-10-7-6-8-14(15)11-12-17(16)19(21(22,23)24)26-20(2,3)13-18(27)25-26/h6-8,10-12,19H,4-5,9,13H2,1-3H3,(H,25,27)/t19-/m0/s1. The fourth-order valence-corrected chi connectivity index (χ4v) is 3.92. The van der Waals surface area contributed by atoms with E-state index in [2.05, 4.69) is 5.43 Å². The molecular weight excluding hydrogens is 353 g/mol. The highest BCUT2D eigenvalue weighted by Crippen LogP contribution is 2.45. The molecule has 27 heavy (non-hydrogen) atoms. The number of alkyl halides is 3. The lowest BCUT2D eigenvalue weighted by Gasteiger charge is -2.39. The molecule has 0 radical (unpaired) electrons. The van der Waals surface area contributed by atoms with E-state index >= 15 is 0 Å². The molecule has 0 aliphatic carbocycles. The van der Waals surface area contributed by atoms with Crippen molar-refractivity contribution in [3.05, 3.63) is 47.5 Å². The molecule has 146 valence electrons. The first-order valence-electron chi connectivity index (χ1n) is 9.31. The zero-order valence-corrected chi connectivity index (χ0v) is 15.9. The molecular formula is C21H25F3N2O. The van der Waals surface area contributed by atoms with Gasteiger partial charge in [-0.2, -0.15) is 18.2 Å². The zero-order valence-electron chi connectivity index (χ0n) is 15.9. The Morgan fingerprint density at radius 1 is 1.19 bits per heavy atom.